The number of allylic oxidation sites excluding steroid dienone is 3. The summed E-state index contributed by atoms with van der Waals surface area (Å²) in [5.41, 5.74) is 2.87. The van der Waals surface area contributed by atoms with Gasteiger partial charge in [-0.05, 0) is 58.7 Å². The summed E-state index contributed by atoms with van der Waals surface area (Å²) < 4.78 is 0. The minimum Gasteiger partial charge on any atom is -0.507 e. The van der Waals surface area contributed by atoms with Gasteiger partial charge in [0.2, 0.25) is 0 Å². The number of aliphatic carboxylic acids is 1. The number of thiophene rings is 1. The van der Waals surface area contributed by atoms with Crippen LogP contribution in [0.3, 0.4) is 0 Å². The number of hydrogen-bond donors (Lipinski definition) is 2. The molecular formula is C20H21ClO3S. The molecule has 25 heavy (non-hydrogen) atoms. The van der Waals surface area contributed by atoms with Gasteiger partial charge < -0.3 is 10.2 Å². The molecule has 1 aromatic heterocycles. The van der Waals surface area contributed by atoms with Crippen LogP contribution < -0.4 is 0 Å². The normalized spacial score (nSPS) is 11.5. The average molecular weight is 377 g/mol. The number of carboxylic acid groups (broad SMARTS) is 1. The summed E-state index contributed by atoms with van der Waals surface area (Å²) in [7, 11) is 0. The Morgan fingerprint density at radius 1 is 1.24 bits per heavy atom. The molecule has 0 radical (unpaired) electrons. The van der Waals surface area contributed by atoms with Crippen LogP contribution in [0, 0.1) is 0 Å². The molecule has 0 aliphatic carbocycles. The monoisotopic (exact) mass is 376 g/mol. The predicted molar refractivity (Wildman–Crippen MR) is 107 cm³/mol. The smallest absolute Gasteiger partial charge is 0.339 e. The molecule has 2 N–H and O–H groups in total. The molecule has 0 atom stereocenters. The van der Waals surface area contributed by atoms with Gasteiger partial charge >= 0.3 is 5.97 Å². The average Bonchev–Trinajstić information content (AvgIpc) is 3.14. The van der Waals surface area contributed by atoms with Crippen LogP contribution in [-0.4, -0.2) is 16.2 Å². The number of carboxylic acids is 1. The lowest BCUT2D eigenvalue weighted by Gasteiger charge is -2.08. The summed E-state index contributed by atoms with van der Waals surface area (Å²) in [6.07, 6.45) is 2.65. The van der Waals surface area contributed by atoms with E-state index < -0.39 is 5.97 Å². The van der Waals surface area contributed by atoms with E-state index in [1.807, 2.05) is 42.8 Å². The molecule has 0 aliphatic heterocycles. The molecule has 5 heteroatoms. The fourth-order valence-corrected chi connectivity index (χ4v) is 2.97. The fourth-order valence-electron chi connectivity index (χ4n) is 2.02. The fraction of sp³-hybridized carbons (Fsp3) is 0.150. The van der Waals surface area contributed by atoms with E-state index >= 15 is 0 Å². The van der Waals surface area contributed by atoms with Gasteiger partial charge in [0.25, 0.3) is 0 Å². The van der Waals surface area contributed by atoms with E-state index in [1.54, 1.807) is 24.3 Å². The van der Waals surface area contributed by atoms with Crippen molar-refractivity contribution in [1.29, 1.82) is 0 Å². The molecule has 0 bridgehead atoms. The van der Waals surface area contributed by atoms with Gasteiger partial charge in [0.15, 0.2) is 0 Å². The van der Waals surface area contributed by atoms with Gasteiger partial charge in [0, 0.05) is 10.6 Å². The van der Waals surface area contributed by atoms with E-state index in [1.165, 1.54) is 12.2 Å². The number of benzene rings is 1. The minimum absolute atomic E-state index is 0.212. The molecular weight excluding hydrogens is 356 g/mol. The van der Waals surface area contributed by atoms with E-state index in [9.17, 15) is 9.90 Å². The summed E-state index contributed by atoms with van der Waals surface area (Å²) in [5.74, 6) is -1.53. The van der Waals surface area contributed by atoms with Gasteiger partial charge in [-0.15, -0.1) is 0 Å². The number of aliphatic hydroxyl groups is 1. The van der Waals surface area contributed by atoms with Gasteiger partial charge in [0.05, 0.1) is 0 Å². The Labute approximate surface area is 157 Å². The standard InChI is InChI=1S/C18H15ClO3S.C2H6/c1-3-17(20)15(18(21)22)8-11(2)12-4-5-14(16(19)9-12)13-6-7-23-10-13;1-2/h3-10,20H,2H2,1H3,(H,21,22);1-2H3/b15-8+,17-3+;. The van der Waals surface area contributed by atoms with Gasteiger partial charge in [-0.25, -0.2) is 4.79 Å². The molecule has 0 amide bonds. The van der Waals surface area contributed by atoms with E-state index in [0.29, 0.717) is 16.2 Å². The largest absolute Gasteiger partial charge is 0.507 e. The Kier molecular flexibility index (Phi) is 8.19. The second kappa shape index (κ2) is 9.87. The Bertz CT molecular complexity index is 802. The highest BCUT2D eigenvalue weighted by atomic mass is 35.5. The molecule has 0 saturated heterocycles. The maximum Gasteiger partial charge on any atom is 0.339 e. The number of hydrogen-bond acceptors (Lipinski definition) is 3. The Hall–Kier alpha value is -2.30. The second-order valence-electron chi connectivity index (χ2n) is 4.77. The quantitative estimate of drug-likeness (QED) is 0.352. The van der Waals surface area contributed by atoms with Crippen LogP contribution in [-0.2, 0) is 4.79 Å². The lowest BCUT2D eigenvalue weighted by atomic mass is 10.0. The van der Waals surface area contributed by atoms with Gasteiger partial charge in [-0.1, -0.05) is 44.2 Å². The Balaban J connectivity index is 0.00000151. The molecule has 1 aromatic carbocycles. The van der Waals surface area contributed by atoms with E-state index in [0.717, 1.165) is 11.1 Å². The van der Waals surface area contributed by atoms with Crippen molar-refractivity contribution in [3.05, 3.63) is 75.7 Å². The lowest BCUT2D eigenvalue weighted by molar-refractivity contribution is -0.132. The van der Waals surface area contributed by atoms with Gasteiger partial charge in [-0.3, -0.25) is 0 Å². The van der Waals surface area contributed by atoms with Crippen molar-refractivity contribution in [2.45, 2.75) is 20.8 Å². The summed E-state index contributed by atoms with van der Waals surface area (Å²) in [6, 6.07) is 7.41. The first kappa shape index (κ1) is 20.7. The molecule has 2 aromatic rings. The third-order valence-corrected chi connectivity index (χ3v) is 4.27. The first-order valence-corrected chi connectivity index (χ1v) is 9.08. The topological polar surface area (TPSA) is 57.5 Å². The number of rotatable bonds is 5. The Morgan fingerprint density at radius 2 is 1.92 bits per heavy atom. The second-order valence-corrected chi connectivity index (χ2v) is 5.96. The van der Waals surface area contributed by atoms with Gasteiger partial charge in [0.1, 0.15) is 11.3 Å². The zero-order chi connectivity index (χ0) is 19.0. The summed E-state index contributed by atoms with van der Waals surface area (Å²) >= 11 is 7.91. The molecule has 2 rings (SSSR count). The number of aliphatic hydroxyl groups excluding tert-OH is 1. The summed E-state index contributed by atoms with van der Waals surface area (Å²) in [4.78, 5) is 11.2. The van der Waals surface area contributed by atoms with E-state index in [4.69, 9.17) is 16.7 Å². The molecule has 0 fully saturated rings. The zero-order valence-corrected chi connectivity index (χ0v) is 16.0. The first-order chi connectivity index (χ1) is 11.9. The maximum atomic E-state index is 11.2. The van der Waals surface area contributed by atoms with Crippen molar-refractivity contribution >= 4 is 34.5 Å². The number of halogens is 1. The lowest BCUT2D eigenvalue weighted by Crippen LogP contribution is -2.03. The highest BCUT2D eigenvalue weighted by Gasteiger charge is 2.13. The van der Waals surface area contributed by atoms with Crippen LogP contribution in [0.15, 0.2) is 65.1 Å². The molecule has 132 valence electrons. The highest BCUT2D eigenvalue weighted by Crippen LogP contribution is 2.32. The van der Waals surface area contributed by atoms with Crippen molar-refractivity contribution in [2.24, 2.45) is 0 Å². The molecule has 0 spiro atoms. The van der Waals surface area contributed by atoms with Crippen molar-refractivity contribution in [3.63, 3.8) is 0 Å². The van der Waals surface area contributed by atoms with Crippen molar-refractivity contribution in [2.75, 3.05) is 0 Å². The molecule has 0 saturated carbocycles. The number of carbonyl (C=O) groups is 1. The molecule has 0 unspecified atom stereocenters. The highest BCUT2D eigenvalue weighted by molar-refractivity contribution is 7.08. The summed E-state index contributed by atoms with van der Waals surface area (Å²) in [6.45, 7) is 9.42. The van der Waals surface area contributed by atoms with E-state index in [2.05, 4.69) is 6.58 Å². The van der Waals surface area contributed by atoms with Crippen molar-refractivity contribution in [3.8, 4) is 11.1 Å². The van der Waals surface area contributed by atoms with Crippen LogP contribution in [0.5, 0.6) is 0 Å². The minimum atomic E-state index is -1.22. The van der Waals surface area contributed by atoms with Crippen molar-refractivity contribution in [1.82, 2.24) is 0 Å². The van der Waals surface area contributed by atoms with Crippen LogP contribution in [0.25, 0.3) is 16.7 Å². The molecule has 3 nitrogen and oxygen atoms in total. The third-order valence-electron chi connectivity index (χ3n) is 3.27. The predicted octanol–water partition coefficient (Wildman–Crippen LogP) is 6.58. The van der Waals surface area contributed by atoms with Gasteiger partial charge in [-0.2, -0.15) is 11.3 Å². The van der Waals surface area contributed by atoms with E-state index in [-0.39, 0.29) is 11.3 Å². The molecule has 0 aliphatic rings. The Morgan fingerprint density at radius 3 is 2.40 bits per heavy atom. The molecule has 1 heterocycles. The van der Waals surface area contributed by atoms with Crippen LogP contribution in [0.1, 0.15) is 26.3 Å². The maximum absolute atomic E-state index is 11.2. The van der Waals surface area contributed by atoms with Crippen molar-refractivity contribution < 1.29 is 15.0 Å². The SMILES string of the molecule is C=C(/C=C(C(=O)O)\C(O)=C/C)c1ccc(-c2ccsc2)c(Cl)c1.CC. The van der Waals surface area contributed by atoms with Crippen LogP contribution in [0.2, 0.25) is 5.02 Å². The summed E-state index contributed by atoms with van der Waals surface area (Å²) in [5, 5.41) is 23.3. The zero-order valence-electron chi connectivity index (χ0n) is 14.4. The van der Waals surface area contributed by atoms with Crippen LogP contribution in [0.4, 0.5) is 0 Å². The third kappa shape index (κ3) is 5.34. The van der Waals surface area contributed by atoms with Crippen LogP contribution >= 0.6 is 22.9 Å². The first-order valence-electron chi connectivity index (χ1n) is 7.76.